The molecule has 72 valence electrons. The van der Waals surface area contributed by atoms with Crippen molar-refractivity contribution in [3.8, 4) is 0 Å². The van der Waals surface area contributed by atoms with Crippen LogP contribution in [-0.2, 0) is 10.2 Å². The van der Waals surface area contributed by atoms with Crippen molar-refractivity contribution >= 4 is 10.2 Å². The Bertz CT molecular complexity index is 248. The van der Waals surface area contributed by atoms with Gasteiger partial charge in [-0.25, -0.2) is 0 Å². The minimum atomic E-state index is -4.31. The summed E-state index contributed by atoms with van der Waals surface area (Å²) in [7, 11) is -4.31. The average Bonchev–Trinajstić information content (AvgIpc) is 1.92. The summed E-state index contributed by atoms with van der Waals surface area (Å²) >= 11 is 0. The number of halogens is 1. The molecule has 0 saturated heterocycles. The molecule has 4 heteroatoms. The molecule has 0 aromatic rings. The summed E-state index contributed by atoms with van der Waals surface area (Å²) in [4.78, 5) is 0. The van der Waals surface area contributed by atoms with Gasteiger partial charge in [-0.05, 0) is 24.7 Å². The minimum Gasteiger partial charge on any atom is -0.195 e. The van der Waals surface area contributed by atoms with Gasteiger partial charge >= 0.3 is 10.2 Å². The summed E-state index contributed by atoms with van der Waals surface area (Å²) in [5.41, 5.74) is 0. The van der Waals surface area contributed by atoms with Gasteiger partial charge in [-0.2, -0.15) is 8.42 Å². The molecule has 3 atom stereocenters. The predicted molar refractivity (Wildman–Crippen MR) is 46.0 cm³/mol. The lowest BCUT2D eigenvalue weighted by Gasteiger charge is -2.29. The summed E-state index contributed by atoms with van der Waals surface area (Å²) < 4.78 is 34.0. The molecule has 0 N–H and O–H groups in total. The van der Waals surface area contributed by atoms with Crippen LogP contribution in [0.4, 0.5) is 3.89 Å². The van der Waals surface area contributed by atoms with E-state index in [1.54, 1.807) is 0 Å². The molecule has 3 unspecified atom stereocenters. The van der Waals surface area contributed by atoms with Crippen LogP contribution in [0, 0.1) is 11.8 Å². The first kappa shape index (κ1) is 9.96. The summed E-state index contributed by atoms with van der Waals surface area (Å²) in [5.74, 6) is 0.327. The van der Waals surface area contributed by atoms with E-state index in [-0.39, 0.29) is 5.92 Å². The highest BCUT2D eigenvalue weighted by molar-refractivity contribution is 7.87. The molecule has 0 aromatic carbocycles. The smallest absolute Gasteiger partial charge is 0.195 e. The van der Waals surface area contributed by atoms with Gasteiger partial charge in [-0.15, -0.1) is 3.89 Å². The Labute approximate surface area is 73.4 Å². The summed E-state index contributed by atoms with van der Waals surface area (Å²) in [6, 6.07) is 0. The van der Waals surface area contributed by atoms with E-state index < -0.39 is 15.5 Å². The summed E-state index contributed by atoms with van der Waals surface area (Å²) in [6.07, 6.45) is 2.34. The van der Waals surface area contributed by atoms with Gasteiger partial charge in [-0.3, -0.25) is 0 Å². The lowest BCUT2D eigenvalue weighted by atomic mass is 9.84. The fraction of sp³-hybridized carbons (Fsp3) is 1.00. The topological polar surface area (TPSA) is 34.1 Å². The predicted octanol–water partition coefficient (Wildman–Crippen LogP) is 2.11. The van der Waals surface area contributed by atoms with E-state index in [1.165, 1.54) is 0 Å². The lowest BCUT2D eigenvalue weighted by molar-refractivity contribution is 0.302. The van der Waals surface area contributed by atoms with Crippen LogP contribution in [0.3, 0.4) is 0 Å². The van der Waals surface area contributed by atoms with Crippen LogP contribution in [0.2, 0.25) is 0 Å². The van der Waals surface area contributed by atoms with E-state index in [4.69, 9.17) is 0 Å². The number of hydrogen-bond acceptors (Lipinski definition) is 2. The molecule has 2 nitrogen and oxygen atoms in total. The fourth-order valence-corrected chi connectivity index (χ4v) is 3.12. The Morgan fingerprint density at radius 2 is 1.83 bits per heavy atom. The van der Waals surface area contributed by atoms with Crippen molar-refractivity contribution in [1.82, 2.24) is 0 Å². The largest absolute Gasteiger partial charge is 0.305 e. The van der Waals surface area contributed by atoms with Gasteiger partial charge in [0.15, 0.2) is 0 Å². The maximum absolute atomic E-state index is 12.7. The third kappa shape index (κ3) is 2.19. The molecule has 1 rings (SSSR count). The second-order valence-corrected chi connectivity index (χ2v) is 5.47. The van der Waals surface area contributed by atoms with Crippen LogP contribution in [0.25, 0.3) is 0 Å². The molecule has 1 aliphatic rings. The van der Waals surface area contributed by atoms with Gasteiger partial charge in [0.25, 0.3) is 0 Å². The number of hydrogen-bond donors (Lipinski definition) is 0. The Balaban J connectivity index is 2.74. The monoisotopic (exact) mass is 194 g/mol. The third-order valence-electron chi connectivity index (χ3n) is 2.75. The summed E-state index contributed by atoms with van der Waals surface area (Å²) in [6.45, 7) is 3.79. The maximum Gasteiger partial charge on any atom is 0.305 e. The van der Waals surface area contributed by atoms with Crippen molar-refractivity contribution in [3.05, 3.63) is 0 Å². The first-order valence-electron chi connectivity index (χ1n) is 4.34. The van der Waals surface area contributed by atoms with E-state index >= 15 is 0 Å². The second-order valence-electron chi connectivity index (χ2n) is 3.91. The van der Waals surface area contributed by atoms with Crippen molar-refractivity contribution in [2.45, 2.75) is 38.4 Å². The van der Waals surface area contributed by atoms with E-state index in [0.29, 0.717) is 12.3 Å². The quantitative estimate of drug-likeness (QED) is 0.599. The van der Waals surface area contributed by atoms with E-state index in [0.717, 1.165) is 12.8 Å². The van der Waals surface area contributed by atoms with Gasteiger partial charge in [-0.1, -0.05) is 20.3 Å². The molecule has 0 bridgehead atoms. The highest BCUT2D eigenvalue weighted by atomic mass is 32.3. The molecule has 12 heavy (non-hydrogen) atoms. The zero-order valence-electron chi connectivity index (χ0n) is 7.46. The van der Waals surface area contributed by atoms with Crippen molar-refractivity contribution < 1.29 is 12.3 Å². The molecule has 0 aliphatic heterocycles. The molecule has 0 aromatic heterocycles. The Morgan fingerprint density at radius 1 is 1.25 bits per heavy atom. The molecular weight excluding hydrogens is 179 g/mol. The SMILES string of the molecule is CC1CCC(C)C(S(=O)(=O)F)C1. The van der Waals surface area contributed by atoms with Gasteiger partial charge in [0.1, 0.15) is 0 Å². The zero-order chi connectivity index (χ0) is 9.35. The molecule has 0 amide bonds. The molecular formula is C8H15FO2S. The molecule has 1 fully saturated rings. The van der Waals surface area contributed by atoms with Crippen molar-refractivity contribution in [2.75, 3.05) is 0 Å². The van der Waals surface area contributed by atoms with Gasteiger partial charge in [0, 0.05) is 0 Å². The van der Waals surface area contributed by atoms with Crippen LogP contribution in [-0.4, -0.2) is 13.7 Å². The van der Waals surface area contributed by atoms with Crippen LogP contribution in [0.15, 0.2) is 0 Å². The average molecular weight is 194 g/mol. The minimum absolute atomic E-state index is 0.0174. The highest BCUT2D eigenvalue weighted by Gasteiger charge is 2.35. The van der Waals surface area contributed by atoms with Crippen LogP contribution in [0.1, 0.15) is 33.1 Å². The first-order chi connectivity index (χ1) is 5.41. The van der Waals surface area contributed by atoms with Gasteiger partial charge < -0.3 is 0 Å². The lowest BCUT2D eigenvalue weighted by Crippen LogP contribution is -2.31. The van der Waals surface area contributed by atoms with Crippen LogP contribution >= 0.6 is 0 Å². The van der Waals surface area contributed by atoms with Crippen molar-refractivity contribution in [3.63, 3.8) is 0 Å². The van der Waals surface area contributed by atoms with Gasteiger partial charge in [0.2, 0.25) is 0 Å². The van der Waals surface area contributed by atoms with Crippen LogP contribution in [0.5, 0.6) is 0 Å². The van der Waals surface area contributed by atoms with E-state index in [2.05, 4.69) is 0 Å². The van der Waals surface area contributed by atoms with Crippen molar-refractivity contribution in [1.29, 1.82) is 0 Å². The first-order valence-corrected chi connectivity index (χ1v) is 5.79. The van der Waals surface area contributed by atoms with Gasteiger partial charge in [0.05, 0.1) is 5.25 Å². The molecule has 0 spiro atoms. The zero-order valence-corrected chi connectivity index (χ0v) is 8.27. The third-order valence-corrected chi connectivity index (χ3v) is 4.13. The fourth-order valence-electron chi connectivity index (χ4n) is 1.87. The van der Waals surface area contributed by atoms with Crippen LogP contribution < -0.4 is 0 Å². The Morgan fingerprint density at radius 3 is 2.25 bits per heavy atom. The van der Waals surface area contributed by atoms with E-state index in [1.807, 2.05) is 13.8 Å². The molecule has 0 radical (unpaired) electrons. The molecule has 1 saturated carbocycles. The highest BCUT2D eigenvalue weighted by Crippen LogP contribution is 2.33. The Hall–Kier alpha value is -0.120. The standard InChI is InChI=1S/C8H15FO2S/c1-6-3-4-7(2)8(5-6)12(9,10)11/h6-8H,3-5H2,1-2H3. The van der Waals surface area contributed by atoms with E-state index in [9.17, 15) is 12.3 Å². The maximum atomic E-state index is 12.7. The normalized spacial score (nSPS) is 38.1. The van der Waals surface area contributed by atoms with Crippen molar-refractivity contribution in [2.24, 2.45) is 11.8 Å². The number of rotatable bonds is 1. The Kier molecular flexibility index (Phi) is 2.76. The molecule has 1 aliphatic carbocycles. The second kappa shape index (κ2) is 3.32. The summed E-state index contributed by atoms with van der Waals surface area (Å²) in [5, 5.41) is -0.749. The molecule has 0 heterocycles.